The minimum Gasteiger partial charge on any atom is -0.378 e. The molecule has 0 atom stereocenters. The summed E-state index contributed by atoms with van der Waals surface area (Å²) < 4.78 is 32.8. The smallest absolute Gasteiger partial charge is 0.281 e. The summed E-state index contributed by atoms with van der Waals surface area (Å²) in [6, 6.07) is 8.37. The lowest BCUT2D eigenvalue weighted by Gasteiger charge is -2.39. The van der Waals surface area contributed by atoms with Crippen molar-refractivity contribution in [3.63, 3.8) is 0 Å². The monoisotopic (exact) mass is 354 g/mol. The molecule has 3 rings (SSSR count). The number of para-hydroxylation sites is 2. The van der Waals surface area contributed by atoms with Gasteiger partial charge in [0.2, 0.25) is 0 Å². The van der Waals surface area contributed by atoms with Gasteiger partial charge in [0.25, 0.3) is 10.2 Å². The fourth-order valence-corrected chi connectivity index (χ4v) is 4.28. The second-order valence-electron chi connectivity index (χ2n) is 6.26. The molecule has 1 aromatic rings. The van der Waals surface area contributed by atoms with E-state index in [9.17, 15) is 8.42 Å². The minimum absolute atomic E-state index is 0.512. The fourth-order valence-electron chi connectivity index (χ4n) is 3.19. The number of piperazine rings is 1. The van der Waals surface area contributed by atoms with Crippen LogP contribution < -0.4 is 9.80 Å². The van der Waals surface area contributed by atoms with E-state index < -0.39 is 10.2 Å². The molecule has 0 bridgehead atoms. The number of anilines is 2. The van der Waals surface area contributed by atoms with Gasteiger partial charge in [-0.2, -0.15) is 17.0 Å². The van der Waals surface area contributed by atoms with Gasteiger partial charge in [-0.25, -0.2) is 0 Å². The van der Waals surface area contributed by atoms with Crippen LogP contribution in [0.4, 0.5) is 11.4 Å². The van der Waals surface area contributed by atoms with Crippen molar-refractivity contribution >= 4 is 21.6 Å². The maximum atomic E-state index is 12.3. The summed E-state index contributed by atoms with van der Waals surface area (Å²) in [5, 5.41) is 0. The minimum atomic E-state index is -3.32. The first kappa shape index (κ1) is 17.5. The lowest BCUT2D eigenvalue weighted by molar-refractivity contribution is 0.122. The molecule has 2 fully saturated rings. The second-order valence-corrected chi connectivity index (χ2v) is 8.41. The molecule has 0 saturated carbocycles. The molecule has 134 valence electrons. The Balaban J connectivity index is 1.73. The van der Waals surface area contributed by atoms with Crippen molar-refractivity contribution in [1.29, 1.82) is 0 Å². The molecule has 2 heterocycles. The molecule has 2 saturated heterocycles. The highest BCUT2D eigenvalue weighted by molar-refractivity contribution is 7.86. The van der Waals surface area contributed by atoms with Gasteiger partial charge in [-0.15, -0.1) is 0 Å². The van der Waals surface area contributed by atoms with E-state index in [0.717, 1.165) is 26.3 Å². The zero-order valence-corrected chi connectivity index (χ0v) is 15.2. The van der Waals surface area contributed by atoms with E-state index >= 15 is 0 Å². The Labute approximate surface area is 144 Å². The van der Waals surface area contributed by atoms with Crippen molar-refractivity contribution in [1.82, 2.24) is 8.61 Å². The first-order valence-corrected chi connectivity index (χ1v) is 9.74. The number of rotatable bonds is 4. The quantitative estimate of drug-likeness (QED) is 0.786. The summed E-state index contributed by atoms with van der Waals surface area (Å²) in [4.78, 5) is 4.63. The maximum Gasteiger partial charge on any atom is 0.281 e. The predicted molar refractivity (Wildman–Crippen MR) is 95.9 cm³/mol. The molecule has 7 nitrogen and oxygen atoms in total. The van der Waals surface area contributed by atoms with Gasteiger partial charge >= 0.3 is 0 Å². The summed E-state index contributed by atoms with van der Waals surface area (Å²) in [5.41, 5.74) is 2.39. The van der Waals surface area contributed by atoms with Gasteiger partial charge in [0.1, 0.15) is 0 Å². The third-order valence-corrected chi connectivity index (χ3v) is 6.54. The summed E-state index contributed by atoms with van der Waals surface area (Å²) in [7, 11) is -0.166. The SMILES string of the molecule is CN(C)S(=O)(=O)N1CCN(c2ccccc2N2CCOCC2)CC1. The average molecular weight is 354 g/mol. The first-order chi connectivity index (χ1) is 11.5. The van der Waals surface area contributed by atoms with Crippen molar-refractivity contribution < 1.29 is 13.2 Å². The molecule has 0 aromatic heterocycles. The standard InChI is InChI=1S/C16H26N4O3S/c1-17(2)24(21,22)20-9-7-18(8-10-20)15-5-3-4-6-16(15)19-11-13-23-14-12-19/h3-6H,7-14H2,1-2H3. The van der Waals surface area contributed by atoms with Gasteiger partial charge in [-0.3, -0.25) is 0 Å². The van der Waals surface area contributed by atoms with Crippen molar-refractivity contribution in [2.45, 2.75) is 0 Å². The van der Waals surface area contributed by atoms with Crippen LogP contribution in [0, 0.1) is 0 Å². The summed E-state index contributed by atoms with van der Waals surface area (Å²) in [5.74, 6) is 0. The van der Waals surface area contributed by atoms with Crippen LogP contribution in [0.1, 0.15) is 0 Å². The summed E-state index contributed by atoms with van der Waals surface area (Å²) in [6.45, 7) is 5.73. The van der Waals surface area contributed by atoms with Gasteiger partial charge in [-0.1, -0.05) is 12.1 Å². The molecule has 8 heteroatoms. The molecule has 0 aliphatic carbocycles. The highest BCUT2D eigenvalue weighted by Gasteiger charge is 2.29. The Morgan fingerprint density at radius 2 is 1.38 bits per heavy atom. The van der Waals surface area contributed by atoms with Gasteiger partial charge in [0, 0.05) is 53.4 Å². The Hall–Kier alpha value is -1.35. The van der Waals surface area contributed by atoms with E-state index in [2.05, 4.69) is 28.0 Å². The molecule has 0 radical (unpaired) electrons. The van der Waals surface area contributed by atoms with Crippen molar-refractivity contribution in [3.05, 3.63) is 24.3 Å². The lowest BCUT2D eigenvalue weighted by atomic mass is 10.2. The number of benzene rings is 1. The van der Waals surface area contributed by atoms with Crippen molar-refractivity contribution in [3.8, 4) is 0 Å². The fraction of sp³-hybridized carbons (Fsp3) is 0.625. The zero-order chi connectivity index (χ0) is 17.2. The average Bonchev–Trinajstić information content (AvgIpc) is 2.62. The maximum absolute atomic E-state index is 12.3. The third-order valence-electron chi connectivity index (χ3n) is 4.60. The van der Waals surface area contributed by atoms with Crippen LogP contribution in [0.5, 0.6) is 0 Å². The Kier molecular flexibility index (Phi) is 5.29. The molecular formula is C16H26N4O3S. The normalized spacial score (nSPS) is 20.6. The Morgan fingerprint density at radius 1 is 0.875 bits per heavy atom. The molecule has 0 unspecified atom stereocenters. The summed E-state index contributed by atoms with van der Waals surface area (Å²) >= 11 is 0. The number of morpholine rings is 1. The van der Waals surface area contributed by atoms with Crippen molar-refractivity contribution in [2.24, 2.45) is 0 Å². The van der Waals surface area contributed by atoms with Gasteiger partial charge in [0.05, 0.1) is 24.6 Å². The molecule has 24 heavy (non-hydrogen) atoms. The highest BCUT2D eigenvalue weighted by atomic mass is 32.2. The number of nitrogens with zero attached hydrogens (tertiary/aromatic N) is 4. The first-order valence-electron chi connectivity index (χ1n) is 8.34. The van der Waals surface area contributed by atoms with E-state index in [4.69, 9.17) is 4.74 Å². The molecular weight excluding hydrogens is 328 g/mol. The largest absolute Gasteiger partial charge is 0.378 e. The van der Waals surface area contributed by atoms with Crippen LogP contribution in [0.15, 0.2) is 24.3 Å². The third kappa shape index (κ3) is 3.51. The van der Waals surface area contributed by atoms with Crippen LogP contribution in [0.25, 0.3) is 0 Å². The highest BCUT2D eigenvalue weighted by Crippen LogP contribution is 2.30. The van der Waals surface area contributed by atoms with Crippen LogP contribution in [-0.2, 0) is 14.9 Å². The molecule has 0 amide bonds. The van der Waals surface area contributed by atoms with Gasteiger partial charge in [0.15, 0.2) is 0 Å². The molecule has 0 spiro atoms. The number of hydrogen-bond donors (Lipinski definition) is 0. The Morgan fingerprint density at radius 3 is 1.88 bits per heavy atom. The van der Waals surface area contributed by atoms with Crippen LogP contribution in [0.3, 0.4) is 0 Å². The van der Waals surface area contributed by atoms with E-state index in [0.29, 0.717) is 26.2 Å². The summed E-state index contributed by atoms with van der Waals surface area (Å²) in [6.07, 6.45) is 0. The van der Waals surface area contributed by atoms with E-state index in [-0.39, 0.29) is 0 Å². The number of ether oxygens (including phenoxy) is 1. The molecule has 2 aliphatic heterocycles. The second kappa shape index (κ2) is 7.26. The van der Waals surface area contributed by atoms with Gasteiger partial charge < -0.3 is 14.5 Å². The molecule has 0 N–H and O–H groups in total. The molecule has 2 aliphatic rings. The lowest BCUT2D eigenvalue weighted by Crippen LogP contribution is -2.52. The zero-order valence-electron chi connectivity index (χ0n) is 14.4. The van der Waals surface area contributed by atoms with Crippen LogP contribution in [-0.4, -0.2) is 83.6 Å². The predicted octanol–water partition coefficient (Wildman–Crippen LogP) is 0.452. The number of hydrogen-bond acceptors (Lipinski definition) is 5. The van der Waals surface area contributed by atoms with Crippen LogP contribution in [0.2, 0.25) is 0 Å². The van der Waals surface area contributed by atoms with Crippen molar-refractivity contribution in [2.75, 3.05) is 76.4 Å². The topological polar surface area (TPSA) is 56.3 Å². The van der Waals surface area contributed by atoms with E-state index in [1.54, 1.807) is 18.4 Å². The van der Waals surface area contributed by atoms with Crippen LogP contribution >= 0.6 is 0 Å². The van der Waals surface area contributed by atoms with Gasteiger partial charge in [-0.05, 0) is 12.1 Å². The van der Waals surface area contributed by atoms with E-state index in [1.165, 1.54) is 15.7 Å². The Bertz CT molecular complexity index is 651. The molecule has 1 aromatic carbocycles. The van der Waals surface area contributed by atoms with E-state index in [1.807, 2.05) is 6.07 Å².